The number of hydrogen-bond donors (Lipinski definition) is 1. The fourth-order valence-electron chi connectivity index (χ4n) is 6.78. The molecule has 2 amide bonds. The Morgan fingerprint density at radius 2 is 2.08 bits per heavy atom. The average Bonchev–Trinajstić information content (AvgIpc) is 3.45. The summed E-state index contributed by atoms with van der Waals surface area (Å²) in [5, 5.41) is 3.67. The second kappa shape index (κ2) is 11.2. The molecule has 3 aliphatic heterocycles. The van der Waals surface area contributed by atoms with Gasteiger partial charge in [0.1, 0.15) is 0 Å². The normalized spacial score (nSPS) is 30.1. The fourth-order valence-corrected chi connectivity index (χ4v) is 6.78. The predicted molar refractivity (Wildman–Crippen MR) is 134 cm³/mol. The van der Waals surface area contributed by atoms with E-state index < -0.39 is 29.7 Å². The summed E-state index contributed by atoms with van der Waals surface area (Å²) in [6.07, 6.45) is -1.55. The molecule has 0 radical (unpaired) electrons. The number of amides is 2. The highest BCUT2D eigenvalue weighted by molar-refractivity contribution is 5.87. The van der Waals surface area contributed by atoms with Crippen molar-refractivity contribution >= 4 is 17.8 Å². The molecule has 5 atom stereocenters. The lowest BCUT2D eigenvalue weighted by molar-refractivity contribution is -0.151. The number of carbonyl (C=O) groups excluding carboxylic acids is 3. The van der Waals surface area contributed by atoms with Gasteiger partial charge < -0.3 is 29.3 Å². The Labute approximate surface area is 230 Å². The summed E-state index contributed by atoms with van der Waals surface area (Å²) in [5.41, 5.74) is -0.786. The van der Waals surface area contributed by atoms with Crippen LogP contribution in [0.1, 0.15) is 43.0 Å². The van der Waals surface area contributed by atoms with Crippen LogP contribution in [0.4, 0.5) is 13.2 Å². The molecule has 10 nitrogen and oxygen atoms in total. The number of likely N-dealkylation sites (tertiary alicyclic amines) is 1. The van der Waals surface area contributed by atoms with Crippen LogP contribution >= 0.6 is 0 Å². The van der Waals surface area contributed by atoms with Crippen molar-refractivity contribution in [2.24, 2.45) is 11.3 Å². The topological polar surface area (TPSA) is 110 Å². The second-order valence-corrected chi connectivity index (χ2v) is 11.3. The molecular weight excluding hydrogens is 533 g/mol. The van der Waals surface area contributed by atoms with E-state index in [9.17, 15) is 27.6 Å². The molecule has 1 aliphatic carbocycles. The van der Waals surface area contributed by atoms with E-state index >= 15 is 0 Å². The van der Waals surface area contributed by atoms with Gasteiger partial charge in [-0.1, -0.05) is 0 Å². The number of pyridine rings is 1. The molecule has 1 saturated carbocycles. The SMILES string of the molecule is COC1COCCC1N[C@@H]1C[C@H]2CN(C(=O)COC(C)=O)C[C@@]2(C(=O)N2CCc3ncc(C(F)(F)F)cc3C2)C1. The van der Waals surface area contributed by atoms with Crippen molar-refractivity contribution in [2.75, 3.05) is 46.6 Å². The summed E-state index contributed by atoms with van der Waals surface area (Å²) in [4.78, 5) is 45.6. The molecule has 3 fully saturated rings. The molecule has 0 aromatic carbocycles. The molecule has 5 rings (SSSR count). The molecule has 2 unspecified atom stereocenters. The third-order valence-electron chi connectivity index (χ3n) is 8.76. The minimum absolute atomic E-state index is 0.00371. The summed E-state index contributed by atoms with van der Waals surface area (Å²) in [6.45, 7) is 2.80. The monoisotopic (exact) mass is 568 g/mol. The number of halogens is 3. The first-order valence-corrected chi connectivity index (χ1v) is 13.6. The number of hydrogen-bond acceptors (Lipinski definition) is 8. The lowest BCUT2D eigenvalue weighted by Gasteiger charge is -2.37. The van der Waals surface area contributed by atoms with Gasteiger partial charge in [0.2, 0.25) is 5.91 Å². The number of carbonyl (C=O) groups is 3. The van der Waals surface area contributed by atoms with E-state index in [1.54, 1.807) is 16.9 Å². The van der Waals surface area contributed by atoms with Gasteiger partial charge in [-0.2, -0.15) is 13.2 Å². The van der Waals surface area contributed by atoms with E-state index in [0.717, 1.165) is 18.7 Å². The van der Waals surface area contributed by atoms with Crippen LogP contribution < -0.4 is 5.32 Å². The lowest BCUT2D eigenvalue weighted by atomic mass is 9.78. The van der Waals surface area contributed by atoms with Gasteiger partial charge >= 0.3 is 12.1 Å². The quantitative estimate of drug-likeness (QED) is 0.515. The second-order valence-electron chi connectivity index (χ2n) is 11.3. The van der Waals surface area contributed by atoms with Crippen molar-refractivity contribution in [3.05, 3.63) is 29.1 Å². The number of nitrogens with one attached hydrogen (secondary N) is 1. The Kier molecular flexibility index (Phi) is 8.08. The molecule has 1 N–H and O–H groups in total. The Hall–Kier alpha value is -2.77. The van der Waals surface area contributed by atoms with Crippen LogP contribution in [0, 0.1) is 11.3 Å². The van der Waals surface area contributed by atoms with Gasteiger partial charge in [-0.15, -0.1) is 0 Å². The van der Waals surface area contributed by atoms with Gasteiger partial charge in [-0.25, -0.2) is 0 Å². The Morgan fingerprint density at radius 1 is 1.27 bits per heavy atom. The maximum atomic E-state index is 14.3. The van der Waals surface area contributed by atoms with Gasteiger partial charge in [0.25, 0.3) is 5.91 Å². The molecule has 220 valence electrons. The number of ether oxygens (including phenoxy) is 3. The van der Waals surface area contributed by atoms with Crippen LogP contribution in [-0.2, 0) is 47.7 Å². The van der Waals surface area contributed by atoms with E-state index in [-0.39, 0.29) is 49.0 Å². The summed E-state index contributed by atoms with van der Waals surface area (Å²) in [6, 6.07) is 1.14. The van der Waals surface area contributed by atoms with E-state index in [4.69, 9.17) is 14.2 Å². The molecule has 40 heavy (non-hydrogen) atoms. The minimum Gasteiger partial charge on any atom is -0.456 e. The summed E-state index contributed by atoms with van der Waals surface area (Å²) >= 11 is 0. The zero-order valence-corrected chi connectivity index (χ0v) is 22.7. The first-order chi connectivity index (χ1) is 19.0. The van der Waals surface area contributed by atoms with Crippen LogP contribution in [0.3, 0.4) is 0 Å². The molecule has 2 saturated heterocycles. The molecule has 4 aliphatic rings. The van der Waals surface area contributed by atoms with Gasteiger partial charge in [-0.05, 0) is 36.8 Å². The fraction of sp³-hybridized carbons (Fsp3) is 0.704. The van der Waals surface area contributed by atoms with E-state index in [1.807, 2.05) is 0 Å². The summed E-state index contributed by atoms with van der Waals surface area (Å²) in [7, 11) is 1.64. The smallest absolute Gasteiger partial charge is 0.417 e. The Bertz CT molecular complexity index is 1150. The molecule has 0 bridgehead atoms. The molecule has 1 aromatic rings. The molecule has 1 aromatic heterocycles. The number of methoxy groups -OCH3 is 1. The first kappa shape index (κ1) is 28.7. The molecule has 13 heteroatoms. The van der Waals surface area contributed by atoms with Gasteiger partial charge in [-0.3, -0.25) is 19.4 Å². The van der Waals surface area contributed by atoms with Crippen molar-refractivity contribution < 1.29 is 41.8 Å². The predicted octanol–water partition coefficient (Wildman–Crippen LogP) is 1.55. The number of esters is 1. The van der Waals surface area contributed by atoms with Gasteiger partial charge in [0, 0.05) is 77.2 Å². The van der Waals surface area contributed by atoms with Crippen molar-refractivity contribution in [1.82, 2.24) is 20.1 Å². The van der Waals surface area contributed by atoms with Crippen LogP contribution in [0.25, 0.3) is 0 Å². The minimum atomic E-state index is -4.53. The average molecular weight is 569 g/mol. The van der Waals surface area contributed by atoms with E-state index in [2.05, 4.69) is 10.3 Å². The van der Waals surface area contributed by atoms with Crippen LogP contribution in [0.2, 0.25) is 0 Å². The first-order valence-electron chi connectivity index (χ1n) is 13.6. The van der Waals surface area contributed by atoms with Gasteiger partial charge in [0.15, 0.2) is 6.61 Å². The van der Waals surface area contributed by atoms with Crippen LogP contribution in [-0.4, -0.2) is 97.3 Å². The highest BCUT2D eigenvalue weighted by Crippen LogP contribution is 2.50. The Balaban J connectivity index is 1.36. The van der Waals surface area contributed by atoms with Crippen molar-refractivity contribution in [3.63, 3.8) is 0 Å². The number of rotatable bonds is 6. The van der Waals surface area contributed by atoms with Crippen LogP contribution in [0.5, 0.6) is 0 Å². The highest BCUT2D eigenvalue weighted by atomic mass is 19.4. The van der Waals surface area contributed by atoms with E-state index in [0.29, 0.717) is 56.8 Å². The zero-order chi connectivity index (χ0) is 28.7. The standard InChI is InChI=1S/C27H35F3N4O6/c1-16(35)40-14-24(36)34-12-19-8-20(32-22-4-6-39-13-23(22)38-2)9-26(19,15-34)25(37)33-5-3-21-17(11-33)7-18(10-31-21)27(28,29)30/h7,10,19-20,22-23,32H,3-6,8-9,11-15H2,1-2H3/t19-,20+,22?,23?,26-/m0/s1. The highest BCUT2D eigenvalue weighted by Gasteiger charge is 2.59. The molecule has 0 spiro atoms. The number of fused-ring (bicyclic) bond motifs is 2. The summed E-state index contributed by atoms with van der Waals surface area (Å²) < 4.78 is 56.1. The lowest BCUT2D eigenvalue weighted by Crippen LogP contribution is -2.52. The molecule has 4 heterocycles. The van der Waals surface area contributed by atoms with Crippen molar-refractivity contribution in [2.45, 2.75) is 63.5 Å². The number of nitrogens with zero attached hydrogens (tertiary/aromatic N) is 3. The number of aromatic nitrogens is 1. The maximum Gasteiger partial charge on any atom is 0.417 e. The molecular formula is C27H35F3N4O6. The number of alkyl halides is 3. The van der Waals surface area contributed by atoms with Crippen LogP contribution in [0.15, 0.2) is 12.3 Å². The van der Waals surface area contributed by atoms with Gasteiger partial charge in [0.05, 0.1) is 23.7 Å². The maximum absolute atomic E-state index is 14.3. The van der Waals surface area contributed by atoms with E-state index in [1.165, 1.54) is 6.92 Å². The third kappa shape index (κ3) is 5.68. The van der Waals surface area contributed by atoms with Crippen molar-refractivity contribution in [3.8, 4) is 0 Å². The largest absolute Gasteiger partial charge is 0.456 e. The third-order valence-corrected chi connectivity index (χ3v) is 8.76. The summed E-state index contributed by atoms with van der Waals surface area (Å²) in [5.74, 6) is -1.25. The Morgan fingerprint density at radius 3 is 2.80 bits per heavy atom. The zero-order valence-electron chi connectivity index (χ0n) is 22.7. The van der Waals surface area contributed by atoms with Crippen molar-refractivity contribution in [1.29, 1.82) is 0 Å².